The van der Waals surface area contributed by atoms with Crippen molar-refractivity contribution in [2.24, 2.45) is 5.92 Å². The topological polar surface area (TPSA) is 40.5 Å². The predicted octanol–water partition coefficient (Wildman–Crippen LogP) is 3.38. The smallest absolute Gasteiger partial charge is 0.335 e. The Balaban J connectivity index is 2.24. The minimum atomic E-state index is -0.880. The van der Waals surface area contributed by atoms with Crippen molar-refractivity contribution in [2.45, 2.75) is 19.8 Å². The van der Waals surface area contributed by atoms with E-state index in [-0.39, 0.29) is 0 Å². The zero-order chi connectivity index (χ0) is 12.4. The highest BCUT2D eigenvalue weighted by Crippen LogP contribution is 2.32. The molecule has 92 valence electrons. The van der Waals surface area contributed by atoms with E-state index in [0.29, 0.717) is 5.56 Å². The molecule has 0 spiro atoms. The molecule has 0 saturated heterocycles. The van der Waals surface area contributed by atoms with E-state index in [1.165, 1.54) is 12.8 Å². The lowest BCUT2D eigenvalue weighted by molar-refractivity contribution is 0.0697. The van der Waals surface area contributed by atoms with Gasteiger partial charge in [0, 0.05) is 23.2 Å². The summed E-state index contributed by atoms with van der Waals surface area (Å²) in [6, 6.07) is 5.37. The van der Waals surface area contributed by atoms with Crippen LogP contribution in [-0.2, 0) is 0 Å². The summed E-state index contributed by atoms with van der Waals surface area (Å²) in [4.78, 5) is 13.3. The third-order valence-electron chi connectivity index (χ3n) is 3.05. The molecular formula is C13H16BrNO2. The van der Waals surface area contributed by atoms with Crippen LogP contribution in [0.5, 0.6) is 0 Å². The third kappa shape index (κ3) is 3.22. The lowest BCUT2D eigenvalue weighted by Crippen LogP contribution is -2.25. The Hall–Kier alpha value is -1.03. The second-order valence-corrected chi connectivity index (χ2v) is 5.40. The second-order valence-electron chi connectivity index (χ2n) is 4.49. The number of carbonyl (C=O) groups is 1. The van der Waals surface area contributed by atoms with Crippen LogP contribution in [0.4, 0.5) is 5.69 Å². The number of nitrogens with zero attached hydrogens (tertiary/aromatic N) is 1. The number of halogens is 1. The molecule has 1 aliphatic rings. The van der Waals surface area contributed by atoms with Crippen LogP contribution in [0, 0.1) is 5.92 Å². The highest BCUT2D eigenvalue weighted by atomic mass is 79.9. The van der Waals surface area contributed by atoms with Crippen molar-refractivity contribution in [2.75, 3.05) is 18.0 Å². The molecule has 0 amide bonds. The summed E-state index contributed by atoms with van der Waals surface area (Å²) in [5.41, 5.74) is 1.33. The van der Waals surface area contributed by atoms with E-state index in [0.717, 1.165) is 29.2 Å². The molecule has 0 aliphatic heterocycles. The van der Waals surface area contributed by atoms with E-state index in [2.05, 4.69) is 27.8 Å². The van der Waals surface area contributed by atoms with Crippen LogP contribution in [0.1, 0.15) is 30.1 Å². The molecule has 1 saturated carbocycles. The van der Waals surface area contributed by atoms with Crippen molar-refractivity contribution in [3.63, 3.8) is 0 Å². The maximum atomic E-state index is 11.0. The Kier molecular flexibility index (Phi) is 3.72. The van der Waals surface area contributed by atoms with Crippen molar-refractivity contribution >= 4 is 27.6 Å². The molecule has 1 aliphatic carbocycles. The fourth-order valence-electron chi connectivity index (χ4n) is 1.91. The first-order valence-corrected chi connectivity index (χ1v) is 6.68. The molecule has 1 fully saturated rings. The van der Waals surface area contributed by atoms with Crippen molar-refractivity contribution in [3.8, 4) is 0 Å². The van der Waals surface area contributed by atoms with Gasteiger partial charge in [-0.1, -0.05) is 15.9 Å². The van der Waals surface area contributed by atoms with E-state index in [1.54, 1.807) is 12.1 Å². The van der Waals surface area contributed by atoms with Crippen molar-refractivity contribution in [1.82, 2.24) is 0 Å². The number of rotatable bonds is 5. The molecule has 0 bridgehead atoms. The quantitative estimate of drug-likeness (QED) is 0.906. The summed E-state index contributed by atoms with van der Waals surface area (Å²) in [5, 5.41) is 9.04. The van der Waals surface area contributed by atoms with Gasteiger partial charge in [0.2, 0.25) is 0 Å². The zero-order valence-corrected chi connectivity index (χ0v) is 11.4. The molecule has 1 N–H and O–H groups in total. The first-order chi connectivity index (χ1) is 8.10. The average molecular weight is 298 g/mol. The highest BCUT2D eigenvalue weighted by molar-refractivity contribution is 9.10. The maximum absolute atomic E-state index is 11.0. The van der Waals surface area contributed by atoms with Crippen molar-refractivity contribution in [3.05, 3.63) is 28.2 Å². The van der Waals surface area contributed by atoms with Gasteiger partial charge in [-0.3, -0.25) is 0 Å². The van der Waals surface area contributed by atoms with Crippen LogP contribution in [-0.4, -0.2) is 24.2 Å². The number of hydrogen-bond donors (Lipinski definition) is 1. The fourth-order valence-corrected chi connectivity index (χ4v) is 2.39. The molecule has 4 heteroatoms. The molecule has 0 aromatic heterocycles. The first-order valence-electron chi connectivity index (χ1n) is 5.89. The number of carboxylic acids is 1. The van der Waals surface area contributed by atoms with Crippen molar-refractivity contribution in [1.29, 1.82) is 0 Å². The van der Waals surface area contributed by atoms with Gasteiger partial charge in [0.05, 0.1) is 5.56 Å². The zero-order valence-electron chi connectivity index (χ0n) is 9.82. The first kappa shape index (κ1) is 12.4. The van der Waals surface area contributed by atoms with Gasteiger partial charge in [0.15, 0.2) is 0 Å². The SMILES string of the molecule is CCN(CC1CC1)c1cc(Br)cc(C(=O)O)c1. The minimum absolute atomic E-state index is 0.337. The van der Waals surface area contributed by atoms with Gasteiger partial charge in [0.25, 0.3) is 0 Å². The molecule has 2 rings (SSSR count). The molecule has 1 aromatic rings. The van der Waals surface area contributed by atoms with Gasteiger partial charge in [-0.05, 0) is 43.9 Å². The Morgan fingerprint density at radius 1 is 1.47 bits per heavy atom. The average Bonchev–Trinajstić information content (AvgIpc) is 3.08. The normalized spacial score (nSPS) is 14.7. The fraction of sp³-hybridized carbons (Fsp3) is 0.462. The Morgan fingerprint density at radius 3 is 2.71 bits per heavy atom. The summed E-state index contributed by atoms with van der Waals surface area (Å²) in [5.74, 6) is -0.0859. The molecule has 0 radical (unpaired) electrons. The van der Waals surface area contributed by atoms with Gasteiger partial charge in [-0.15, -0.1) is 0 Å². The minimum Gasteiger partial charge on any atom is -0.478 e. The van der Waals surface area contributed by atoms with Crippen LogP contribution in [0.3, 0.4) is 0 Å². The summed E-state index contributed by atoms with van der Waals surface area (Å²) in [6.45, 7) is 4.04. The van der Waals surface area contributed by atoms with Gasteiger partial charge in [0.1, 0.15) is 0 Å². The van der Waals surface area contributed by atoms with Gasteiger partial charge < -0.3 is 10.0 Å². The molecule has 3 nitrogen and oxygen atoms in total. The number of anilines is 1. The van der Waals surface area contributed by atoms with E-state index >= 15 is 0 Å². The molecule has 17 heavy (non-hydrogen) atoms. The molecule has 0 heterocycles. The summed E-state index contributed by atoms with van der Waals surface area (Å²) < 4.78 is 0.821. The summed E-state index contributed by atoms with van der Waals surface area (Å²) in [6.07, 6.45) is 2.60. The van der Waals surface area contributed by atoms with Crippen molar-refractivity contribution < 1.29 is 9.90 Å². The number of aromatic carboxylic acids is 1. The molecular weight excluding hydrogens is 282 g/mol. The molecule has 0 atom stereocenters. The number of hydrogen-bond acceptors (Lipinski definition) is 2. The largest absolute Gasteiger partial charge is 0.478 e. The van der Waals surface area contributed by atoms with E-state index in [9.17, 15) is 4.79 Å². The Morgan fingerprint density at radius 2 is 2.18 bits per heavy atom. The lowest BCUT2D eigenvalue weighted by atomic mass is 10.2. The lowest BCUT2D eigenvalue weighted by Gasteiger charge is -2.23. The maximum Gasteiger partial charge on any atom is 0.335 e. The third-order valence-corrected chi connectivity index (χ3v) is 3.51. The van der Waals surface area contributed by atoms with Gasteiger partial charge >= 0.3 is 5.97 Å². The highest BCUT2D eigenvalue weighted by Gasteiger charge is 2.24. The number of benzene rings is 1. The molecule has 0 unspecified atom stereocenters. The van der Waals surface area contributed by atoms with E-state index in [1.807, 2.05) is 6.07 Å². The van der Waals surface area contributed by atoms with Crippen LogP contribution in [0.2, 0.25) is 0 Å². The monoisotopic (exact) mass is 297 g/mol. The number of carboxylic acid groups (broad SMARTS) is 1. The van der Waals surface area contributed by atoms with Crippen LogP contribution >= 0.6 is 15.9 Å². The Bertz CT molecular complexity index is 429. The van der Waals surface area contributed by atoms with Crippen LogP contribution in [0.25, 0.3) is 0 Å². The molecule has 1 aromatic carbocycles. The van der Waals surface area contributed by atoms with E-state index < -0.39 is 5.97 Å². The van der Waals surface area contributed by atoms with Crippen LogP contribution in [0.15, 0.2) is 22.7 Å². The summed E-state index contributed by atoms with van der Waals surface area (Å²) >= 11 is 3.37. The predicted molar refractivity (Wildman–Crippen MR) is 71.7 cm³/mol. The second kappa shape index (κ2) is 5.08. The van der Waals surface area contributed by atoms with Gasteiger partial charge in [-0.2, -0.15) is 0 Å². The standard InChI is InChI=1S/C13H16BrNO2/c1-2-15(8-9-3-4-9)12-6-10(13(16)17)5-11(14)7-12/h5-7,9H,2-4,8H2,1H3,(H,16,17). The van der Waals surface area contributed by atoms with E-state index in [4.69, 9.17) is 5.11 Å². The van der Waals surface area contributed by atoms with Crippen LogP contribution < -0.4 is 4.90 Å². The summed E-state index contributed by atoms with van der Waals surface area (Å²) in [7, 11) is 0. The Labute approximate surface area is 110 Å². The van der Waals surface area contributed by atoms with Gasteiger partial charge in [-0.25, -0.2) is 4.79 Å².